The Balaban J connectivity index is 1.50. The fraction of sp³-hybridized carbons (Fsp3) is 0.500. The van der Waals surface area contributed by atoms with Gasteiger partial charge in [-0.15, -0.1) is 0 Å². The molecular weight excluding hydrogens is 397 g/mol. The summed E-state index contributed by atoms with van der Waals surface area (Å²) in [6.07, 6.45) is -2.96. The summed E-state index contributed by atoms with van der Waals surface area (Å²) in [4.78, 5) is 15.1. The Kier molecular flexibility index (Phi) is 5.50. The number of nitrogens with zero attached hydrogens (tertiary/aromatic N) is 2. The zero-order chi connectivity index (χ0) is 21.5. The van der Waals surface area contributed by atoms with Crippen molar-refractivity contribution < 1.29 is 27.4 Å². The van der Waals surface area contributed by atoms with Crippen LogP contribution in [0.5, 0.6) is 0 Å². The number of hydrogen-bond donors (Lipinski definition) is 0. The summed E-state index contributed by atoms with van der Waals surface area (Å²) in [7, 11) is 0. The van der Waals surface area contributed by atoms with Crippen LogP contribution >= 0.6 is 0 Å². The zero-order valence-electron chi connectivity index (χ0n) is 17.1. The Morgan fingerprint density at radius 2 is 1.77 bits per heavy atom. The Morgan fingerprint density at radius 3 is 2.40 bits per heavy atom. The number of ketones is 1. The van der Waals surface area contributed by atoms with Crippen LogP contribution in [0.3, 0.4) is 0 Å². The molecular formula is C22H25F3N2O3. The van der Waals surface area contributed by atoms with Gasteiger partial charge in [0.2, 0.25) is 0 Å². The molecule has 1 aromatic carbocycles. The quantitative estimate of drug-likeness (QED) is 0.695. The summed E-state index contributed by atoms with van der Waals surface area (Å²) in [6, 6.07) is 6.92. The van der Waals surface area contributed by atoms with Crippen molar-refractivity contribution in [1.29, 1.82) is 0 Å². The van der Waals surface area contributed by atoms with Crippen LogP contribution in [0.4, 0.5) is 13.2 Å². The summed E-state index contributed by atoms with van der Waals surface area (Å²) in [6.45, 7) is 6.47. The van der Waals surface area contributed by atoms with Crippen molar-refractivity contribution in [3.63, 3.8) is 0 Å². The average Bonchev–Trinajstić information content (AvgIpc) is 3.27. The molecule has 162 valence electrons. The van der Waals surface area contributed by atoms with E-state index in [9.17, 15) is 18.0 Å². The maximum absolute atomic E-state index is 13.1. The molecule has 5 nitrogen and oxygen atoms in total. The number of rotatable bonds is 4. The maximum atomic E-state index is 13.1. The lowest BCUT2D eigenvalue weighted by atomic mass is 10.0. The molecule has 0 bridgehead atoms. The van der Waals surface area contributed by atoms with Gasteiger partial charge in [0.05, 0.1) is 25.3 Å². The van der Waals surface area contributed by atoms with Crippen LogP contribution in [-0.4, -0.2) is 53.9 Å². The van der Waals surface area contributed by atoms with Crippen molar-refractivity contribution in [2.45, 2.75) is 38.7 Å². The van der Waals surface area contributed by atoms with Gasteiger partial charge < -0.3 is 14.0 Å². The van der Waals surface area contributed by atoms with Crippen LogP contribution in [0.2, 0.25) is 0 Å². The van der Waals surface area contributed by atoms with E-state index in [1.54, 1.807) is 30.5 Å². The van der Waals surface area contributed by atoms with E-state index in [0.29, 0.717) is 43.2 Å². The number of aromatic nitrogens is 1. The first-order valence-corrected chi connectivity index (χ1v) is 10.1. The second-order valence-corrected chi connectivity index (χ2v) is 7.98. The van der Waals surface area contributed by atoms with Gasteiger partial charge >= 0.3 is 6.18 Å². The van der Waals surface area contributed by atoms with Gasteiger partial charge in [-0.05, 0) is 38.1 Å². The van der Waals surface area contributed by atoms with Crippen molar-refractivity contribution in [2.75, 3.05) is 32.8 Å². The Bertz CT molecular complexity index is 936. The van der Waals surface area contributed by atoms with E-state index in [0.717, 1.165) is 30.7 Å². The number of likely N-dealkylation sites (tertiary alicyclic amines) is 1. The molecule has 0 unspecified atom stereocenters. The predicted octanol–water partition coefficient (Wildman–Crippen LogP) is 4.13. The smallest absolute Gasteiger partial charge is 0.347 e. The van der Waals surface area contributed by atoms with Crippen molar-refractivity contribution in [1.82, 2.24) is 9.47 Å². The predicted molar refractivity (Wildman–Crippen MR) is 105 cm³/mol. The SMILES string of the molecule is Cc1cc(C(=O)CN2CCC3(CC2)OCCO3)c(C)n1-c1cccc(C(F)(F)F)c1. The fourth-order valence-corrected chi connectivity index (χ4v) is 4.39. The van der Waals surface area contributed by atoms with Crippen LogP contribution in [0.25, 0.3) is 5.69 Å². The Morgan fingerprint density at radius 1 is 1.10 bits per heavy atom. The molecule has 0 radical (unpaired) electrons. The molecule has 0 atom stereocenters. The van der Waals surface area contributed by atoms with E-state index in [4.69, 9.17) is 9.47 Å². The number of halogens is 3. The second kappa shape index (κ2) is 7.83. The molecule has 30 heavy (non-hydrogen) atoms. The number of carbonyl (C=O) groups is 1. The molecule has 0 amide bonds. The van der Waals surface area contributed by atoms with Crippen molar-refractivity contribution in [2.24, 2.45) is 0 Å². The third-order valence-electron chi connectivity index (χ3n) is 5.96. The van der Waals surface area contributed by atoms with E-state index in [2.05, 4.69) is 4.90 Å². The molecule has 2 aliphatic heterocycles. The van der Waals surface area contributed by atoms with Gasteiger partial charge in [0.15, 0.2) is 11.6 Å². The maximum Gasteiger partial charge on any atom is 0.416 e. The molecule has 2 aromatic rings. The molecule has 2 saturated heterocycles. The first-order chi connectivity index (χ1) is 14.2. The van der Waals surface area contributed by atoms with Crippen molar-refractivity contribution in [3.05, 3.63) is 52.8 Å². The topological polar surface area (TPSA) is 43.7 Å². The largest absolute Gasteiger partial charge is 0.416 e. The highest BCUT2D eigenvalue weighted by atomic mass is 19.4. The number of alkyl halides is 3. The molecule has 1 spiro atoms. The van der Waals surface area contributed by atoms with Crippen LogP contribution < -0.4 is 0 Å². The number of carbonyl (C=O) groups excluding carboxylic acids is 1. The van der Waals surface area contributed by atoms with Gasteiger partial charge in [-0.3, -0.25) is 9.69 Å². The third kappa shape index (κ3) is 4.04. The number of benzene rings is 1. The summed E-state index contributed by atoms with van der Waals surface area (Å²) >= 11 is 0. The minimum Gasteiger partial charge on any atom is -0.347 e. The van der Waals surface area contributed by atoms with Gasteiger partial charge in [0.1, 0.15) is 0 Å². The number of aryl methyl sites for hydroxylation is 1. The highest BCUT2D eigenvalue weighted by molar-refractivity contribution is 5.99. The first kappa shape index (κ1) is 21.1. The van der Waals surface area contributed by atoms with Crippen LogP contribution in [-0.2, 0) is 15.7 Å². The second-order valence-electron chi connectivity index (χ2n) is 7.98. The molecule has 1 aromatic heterocycles. The minimum atomic E-state index is -4.41. The Labute approximate surface area is 173 Å². The van der Waals surface area contributed by atoms with Crippen molar-refractivity contribution in [3.8, 4) is 5.69 Å². The minimum absolute atomic E-state index is 0.0365. The molecule has 8 heteroatoms. The van der Waals surface area contributed by atoms with Gasteiger partial charge in [-0.25, -0.2) is 0 Å². The lowest BCUT2D eigenvalue weighted by molar-refractivity contribution is -0.184. The molecule has 0 saturated carbocycles. The molecule has 2 fully saturated rings. The fourth-order valence-electron chi connectivity index (χ4n) is 4.39. The number of Topliss-reactive ketones (excluding diaryl/α,β-unsaturated/α-hetero) is 1. The monoisotopic (exact) mass is 422 g/mol. The molecule has 2 aliphatic rings. The third-order valence-corrected chi connectivity index (χ3v) is 5.96. The van der Waals surface area contributed by atoms with E-state index in [1.165, 1.54) is 6.07 Å². The molecule has 4 rings (SSSR count). The van der Waals surface area contributed by atoms with E-state index in [-0.39, 0.29) is 12.3 Å². The van der Waals surface area contributed by atoms with Gasteiger partial charge in [-0.2, -0.15) is 13.2 Å². The van der Waals surface area contributed by atoms with Gasteiger partial charge in [0, 0.05) is 48.6 Å². The van der Waals surface area contributed by atoms with Gasteiger partial charge in [0.25, 0.3) is 0 Å². The number of piperidine rings is 1. The molecule has 0 N–H and O–H groups in total. The van der Waals surface area contributed by atoms with E-state index >= 15 is 0 Å². The molecule has 0 aliphatic carbocycles. The standard InChI is InChI=1S/C22H25F3N2O3/c1-15-12-19(16(2)27(15)18-5-3-4-17(13-18)22(23,24)25)20(28)14-26-8-6-21(7-9-26)29-10-11-30-21/h3-5,12-13H,6-11,14H2,1-2H3. The summed E-state index contributed by atoms with van der Waals surface area (Å²) in [5.74, 6) is -0.524. The lowest BCUT2D eigenvalue weighted by Gasteiger charge is -2.37. The normalized spacial score (nSPS) is 19.5. The summed E-state index contributed by atoms with van der Waals surface area (Å²) in [5.41, 5.74) is 1.60. The summed E-state index contributed by atoms with van der Waals surface area (Å²) in [5, 5.41) is 0. The Hall–Kier alpha value is -2.16. The lowest BCUT2D eigenvalue weighted by Crippen LogP contribution is -2.46. The number of ether oxygens (including phenoxy) is 2. The average molecular weight is 422 g/mol. The molecule has 3 heterocycles. The number of hydrogen-bond acceptors (Lipinski definition) is 4. The van der Waals surface area contributed by atoms with Crippen LogP contribution in [0, 0.1) is 13.8 Å². The first-order valence-electron chi connectivity index (χ1n) is 10.1. The van der Waals surface area contributed by atoms with Crippen molar-refractivity contribution >= 4 is 5.78 Å². The van der Waals surface area contributed by atoms with Crippen LogP contribution in [0.1, 0.15) is 40.2 Å². The zero-order valence-corrected chi connectivity index (χ0v) is 17.1. The highest BCUT2D eigenvalue weighted by Gasteiger charge is 2.40. The van der Waals surface area contributed by atoms with Crippen LogP contribution in [0.15, 0.2) is 30.3 Å². The summed E-state index contributed by atoms with van der Waals surface area (Å²) < 4.78 is 52.5. The van der Waals surface area contributed by atoms with E-state index in [1.807, 2.05) is 0 Å². The highest BCUT2D eigenvalue weighted by Crippen LogP contribution is 2.33. The van der Waals surface area contributed by atoms with Gasteiger partial charge in [-0.1, -0.05) is 6.07 Å². The van der Waals surface area contributed by atoms with E-state index < -0.39 is 17.5 Å².